The molecule has 0 atom stereocenters. The molecule has 0 radical (unpaired) electrons. The average Bonchev–Trinajstić information content (AvgIpc) is 2.81. The van der Waals surface area contributed by atoms with Crippen LogP contribution in [0.2, 0.25) is 0 Å². The van der Waals surface area contributed by atoms with Crippen molar-refractivity contribution in [3.63, 3.8) is 0 Å². The van der Waals surface area contributed by atoms with Crippen molar-refractivity contribution in [2.24, 2.45) is 0 Å². The smallest absolute Gasteiger partial charge is 0.400 e. The van der Waals surface area contributed by atoms with Crippen molar-refractivity contribution in [2.45, 2.75) is 0 Å². The molecule has 13 N–H and O–H groups in total. The molecule has 2 aromatic carbocycles. The van der Waals surface area contributed by atoms with Gasteiger partial charge in [0.2, 0.25) is 0 Å². The third kappa shape index (κ3) is 4.83. The summed E-state index contributed by atoms with van der Waals surface area (Å²) in [5.41, 5.74) is 0.146. The van der Waals surface area contributed by atoms with Gasteiger partial charge in [-0.05, 0) is 58.7 Å². The maximum Gasteiger partial charge on any atom is 0.400 e. The molecule has 0 fully saturated rings. The second kappa shape index (κ2) is 10.2. The highest BCUT2D eigenvalue weighted by molar-refractivity contribution is 6.23. The maximum atomic E-state index is 12.0. The lowest BCUT2D eigenvalue weighted by atomic mass is 9.87. The van der Waals surface area contributed by atoms with E-state index < -0.39 is 29.3 Å². The summed E-state index contributed by atoms with van der Waals surface area (Å²) in [6, 6.07) is 7.84. The number of carbonyl (C=O) groups excluding carboxylic acids is 3. The maximum absolute atomic E-state index is 12.0. The normalized spacial score (nSPS) is 12.4. The van der Waals surface area contributed by atoms with E-state index in [-0.39, 0.29) is 39.9 Å². The first-order chi connectivity index (χ1) is 15.7. The van der Waals surface area contributed by atoms with Gasteiger partial charge in [0.15, 0.2) is 5.78 Å². The van der Waals surface area contributed by atoms with Crippen LogP contribution in [0.4, 0.5) is 0 Å². The van der Waals surface area contributed by atoms with E-state index in [0.717, 1.165) is 12.2 Å². The van der Waals surface area contributed by atoms with Crippen LogP contribution in [0, 0.1) is 0 Å². The van der Waals surface area contributed by atoms with Gasteiger partial charge in [-0.3, -0.25) is 14.5 Å². The summed E-state index contributed by atoms with van der Waals surface area (Å²) in [6.45, 7) is 0. The molecule has 0 saturated heterocycles. The minimum Gasteiger partial charge on any atom is -0.507 e. The van der Waals surface area contributed by atoms with E-state index in [1.165, 1.54) is 42.5 Å². The van der Waals surface area contributed by atoms with Crippen molar-refractivity contribution < 1.29 is 56.0 Å². The Hall–Kier alpha value is -4.78. The van der Waals surface area contributed by atoms with Crippen molar-refractivity contribution in [1.82, 2.24) is 6.15 Å². The van der Waals surface area contributed by atoms with Gasteiger partial charge in [0.25, 0.3) is 0 Å². The second-order valence-electron chi connectivity index (χ2n) is 6.72. The van der Waals surface area contributed by atoms with Crippen LogP contribution in [0.1, 0.15) is 31.8 Å². The molecule has 0 amide bonds. The number of benzene rings is 2. The highest BCUT2D eigenvalue weighted by Crippen LogP contribution is 2.35. The fourth-order valence-electron chi connectivity index (χ4n) is 3.22. The molecule has 0 bridgehead atoms. The summed E-state index contributed by atoms with van der Waals surface area (Å²) >= 11 is 0. The van der Waals surface area contributed by atoms with Gasteiger partial charge in [0.1, 0.15) is 28.2 Å². The monoisotopic (exact) mass is 472 g/mol. The molecular weight excluding hydrogens is 450 g/mol. The van der Waals surface area contributed by atoms with E-state index in [0.29, 0.717) is 11.1 Å². The number of phenols is 2. The fourth-order valence-corrected chi connectivity index (χ4v) is 3.22. The highest BCUT2D eigenvalue weighted by Gasteiger charge is 2.24. The van der Waals surface area contributed by atoms with Crippen molar-refractivity contribution in [3.05, 3.63) is 88.0 Å². The second-order valence-corrected chi connectivity index (χ2v) is 6.72. The Labute approximate surface area is 191 Å². The number of quaternary nitrogens is 3. The fraction of sp³-hybridized carbons (Fsp3) is 0. The molecule has 0 saturated carbocycles. The van der Waals surface area contributed by atoms with Crippen LogP contribution >= 0.6 is 0 Å². The quantitative estimate of drug-likeness (QED) is 0.254. The van der Waals surface area contributed by atoms with Crippen LogP contribution in [-0.4, -0.2) is 39.0 Å². The molecule has 34 heavy (non-hydrogen) atoms. The van der Waals surface area contributed by atoms with Crippen LogP contribution in [0.3, 0.4) is 0 Å². The number of carboxylic acids is 1. The van der Waals surface area contributed by atoms with E-state index in [9.17, 15) is 34.5 Å². The van der Waals surface area contributed by atoms with Crippen molar-refractivity contribution in [2.75, 3.05) is 0 Å². The average molecular weight is 472 g/mol. The van der Waals surface area contributed by atoms with Gasteiger partial charge in [-0.25, -0.2) is 14.4 Å². The number of hydrogen-bond donors (Lipinski definition) is 6. The minimum absolute atomic E-state index is 0. The zero-order valence-electron chi connectivity index (χ0n) is 17.9. The number of rotatable bonds is 5. The van der Waals surface area contributed by atoms with Crippen LogP contribution in [0.5, 0.6) is 11.5 Å². The zero-order chi connectivity index (χ0) is 24.3. The van der Waals surface area contributed by atoms with E-state index in [2.05, 4.69) is 21.5 Å². The zero-order valence-corrected chi connectivity index (χ0v) is 17.9. The molecule has 0 spiro atoms. The van der Waals surface area contributed by atoms with Crippen LogP contribution in [0.25, 0.3) is 5.57 Å². The first kappa shape index (κ1) is 25.5. The molecule has 12 heteroatoms. The lowest BCUT2D eigenvalue weighted by Crippen LogP contribution is -2.51. The topological polar surface area (TPSA) is 239 Å². The minimum atomic E-state index is -1.44. The first-order valence-corrected chi connectivity index (χ1v) is 9.19. The number of ketones is 1. The third-order valence-electron chi connectivity index (χ3n) is 4.77. The molecule has 2 aromatic rings. The number of carboxylic acid groups (broad SMARTS) is 1. The molecule has 176 valence electrons. The van der Waals surface area contributed by atoms with Crippen molar-refractivity contribution in [3.8, 4) is 11.5 Å². The van der Waals surface area contributed by atoms with Gasteiger partial charge in [-0.2, -0.15) is 11.8 Å². The van der Waals surface area contributed by atoms with Gasteiger partial charge in [0, 0.05) is 0 Å². The predicted octanol–water partition coefficient (Wildman–Crippen LogP) is 0.0532. The molecule has 0 aromatic heterocycles. The number of aromatic hydroxyl groups is 2. The molecule has 3 rings (SSSR count). The Morgan fingerprint density at radius 2 is 1.26 bits per heavy atom. The number of allylic oxidation sites excluding steroid dienone is 4. The molecule has 0 heterocycles. The number of hydrogen-bond acceptors (Lipinski definition) is 8. The van der Waals surface area contributed by atoms with Gasteiger partial charge in [-0.15, -0.1) is 0 Å². The molecular formula is C22H22N3O9+3. The predicted molar refractivity (Wildman–Crippen MR) is 115 cm³/mol. The summed E-state index contributed by atoms with van der Waals surface area (Å²) < 4.78 is 0. The summed E-state index contributed by atoms with van der Waals surface area (Å²) in [5, 5.41) is 29.5. The van der Waals surface area contributed by atoms with Crippen molar-refractivity contribution >= 4 is 29.3 Å². The Morgan fingerprint density at radius 1 is 0.794 bits per heavy atom. The van der Waals surface area contributed by atoms with Crippen LogP contribution in [0.15, 0.2) is 65.8 Å². The summed E-state index contributed by atoms with van der Waals surface area (Å²) in [7, 11) is 0. The van der Waals surface area contributed by atoms with Gasteiger partial charge in [0.05, 0.1) is 0 Å². The lowest BCUT2D eigenvalue weighted by Gasteiger charge is -2.16. The molecule has 0 unspecified atom stereocenters. The Bertz CT molecular complexity index is 1230. The van der Waals surface area contributed by atoms with E-state index in [1.807, 2.05) is 0 Å². The molecule has 1 aliphatic rings. The highest BCUT2D eigenvalue weighted by atomic mass is 16.7. The SMILES string of the molecule is [NH3+]OC(=O)c1cc(C(=C2C=CC(=O)C(C(=O)O)=C2)c2ccc(O)c(C(=O)O[NH3+])c2)ccc1O.[NH4+]. The number of carbonyl (C=O) groups is 4. The lowest BCUT2D eigenvalue weighted by molar-refractivity contribution is -0.653. The van der Waals surface area contributed by atoms with Gasteiger partial charge >= 0.3 is 17.9 Å². The third-order valence-corrected chi connectivity index (χ3v) is 4.77. The van der Waals surface area contributed by atoms with E-state index >= 15 is 0 Å². The molecule has 12 nitrogen and oxygen atoms in total. The largest absolute Gasteiger partial charge is 0.507 e. The Morgan fingerprint density at radius 3 is 1.68 bits per heavy atom. The molecule has 0 aliphatic heterocycles. The Kier molecular flexibility index (Phi) is 7.66. The number of phenolic OH excluding ortho intramolecular Hbond substituents is 2. The Balaban J connectivity index is 0.00000408. The molecule has 1 aliphatic carbocycles. The van der Waals surface area contributed by atoms with Gasteiger partial charge in [-0.1, -0.05) is 18.2 Å². The first-order valence-electron chi connectivity index (χ1n) is 9.19. The van der Waals surface area contributed by atoms with Crippen LogP contribution in [-0.2, 0) is 19.3 Å². The number of aliphatic carboxylic acids is 1. The van der Waals surface area contributed by atoms with Crippen LogP contribution < -0.4 is 17.9 Å². The standard InChI is InChI=1S/C22H16N2O9.H3N/c23-32-21(30)14-8-11(2-5-17(14)26)19(10-1-4-16(25)13(7-10)20(28)29)12-3-6-18(27)15(9-12)22(31)33-24;/h1-9H,23-24H3,(H-2,25,26,27,28,29,30,31);1H3/p+3. The van der Waals surface area contributed by atoms with E-state index in [1.54, 1.807) is 0 Å². The van der Waals surface area contributed by atoms with Crippen molar-refractivity contribution in [1.29, 1.82) is 0 Å². The van der Waals surface area contributed by atoms with E-state index in [4.69, 9.17) is 0 Å². The summed E-state index contributed by atoms with van der Waals surface area (Å²) in [5.74, 6) is 1.27. The van der Waals surface area contributed by atoms with Gasteiger partial charge < -0.3 is 21.5 Å². The summed E-state index contributed by atoms with van der Waals surface area (Å²) in [4.78, 5) is 56.4. The summed E-state index contributed by atoms with van der Waals surface area (Å²) in [6.07, 6.45) is 3.57.